The van der Waals surface area contributed by atoms with Crippen LogP contribution in [0.2, 0.25) is 0 Å². The molecule has 0 aromatic carbocycles. The molecule has 17 heavy (non-hydrogen) atoms. The Hall–Kier alpha value is -0.810. The van der Waals surface area contributed by atoms with Crippen LogP contribution in [0, 0.1) is 0 Å². The molecule has 6 heteroatoms. The zero-order valence-corrected chi connectivity index (χ0v) is 11.2. The molecule has 1 fully saturated rings. The molecule has 0 aromatic heterocycles. The largest absolute Gasteiger partial charge is 0.465 e. The summed E-state index contributed by atoms with van der Waals surface area (Å²) in [4.78, 5) is 24.8. The molecule has 1 amide bonds. The normalized spacial score (nSPS) is 13.8. The Balaban J connectivity index is 0.00000256. The van der Waals surface area contributed by atoms with Gasteiger partial charge < -0.3 is 15.0 Å². The second kappa shape index (κ2) is 8.31. The lowest BCUT2D eigenvalue weighted by atomic mass is 10.3. The highest BCUT2D eigenvalue weighted by molar-refractivity contribution is 5.85. The standard InChI is InChI=1S/C11H20N2O3.ClH/c1-3-16-11(15)8-13(9-4-5-9)10(14)6-7-12-2;/h9,12H,3-8H2,1-2H3;1H. The van der Waals surface area contributed by atoms with Crippen LogP contribution in [0.15, 0.2) is 0 Å². The third-order valence-electron chi connectivity index (χ3n) is 2.50. The van der Waals surface area contributed by atoms with E-state index >= 15 is 0 Å². The van der Waals surface area contributed by atoms with Crippen LogP contribution in [-0.2, 0) is 14.3 Å². The SMILES string of the molecule is CCOC(=O)CN(C(=O)CCNC)C1CC1.Cl. The van der Waals surface area contributed by atoms with Crippen molar-refractivity contribution in [3.05, 3.63) is 0 Å². The van der Waals surface area contributed by atoms with Crippen molar-refractivity contribution in [2.24, 2.45) is 0 Å². The molecule has 1 saturated carbocycles. The van der Waals surface area contributed by atoms with Crippen molar-refractivity contribution in [1.82, 2.24) is 10.2 Å². The zero-order valence-electron chi connectivity index (χ0n) is 10.4. The van der Waals surface area contributed by atoms with E-state index in [1.807, 2.05) is 0 Å². The molecule has 0 atom stereocenters. The van der Waals surface area contributed by atoms with Gasteiger partial charge in [-0.2, -0.15) is 0 Å². The van der Waals surface area contributed by atoms with E-state index in [1.54, 1.807) is 18.9 Å². The van der Waals surface area contributed by atoms with Crippen LogP contribution in [0.5, 0.6) is 0 Å². The van der Waals surface area contributed by atoms with Gasteiger partial charge in [0.1, 0.15) is 6.54 Å². The minimum absolute atomic E-state index is 0. The number of ether oxygens (including phenoxy) is 1. The number of carbonyl (C=O) groups is 2. The first kappa shape index (κ1) is 16.2. The number of halogens is 1. The fraction of sp³-hybridized carbons (Fsp3) is 0.818. The van der Waals surface area contributed by atoms with Gasteiger partial charge in [-0.25, -0.2) is 0 Å². The van der Waals surface area contributed by atoms with Gasteiger partial charge in [-0.1, -0.05) is 0 Å². The van der Waals surface area contributed by atoms with Gasteiger partial charge in [-0.15, -0.1) is 12.4 Å². The van der Waals surface area contributed by atoms with Gasteiger partial charge in [0, 0.05) is 19.0 Å². The van der Waals surface area contributed by atoms with Crippen molar-refractivity contribution >= 4 is 24.3 Å². The van der Waals surface area contributed by atoms with Gasteiger partial charge in [0.25, 0.3) is 0 Å². The quantitative estimate of drug-likeness (QED) is 0.683. The average Bonchev–Trinajstić information content (AvgIpc) is 3.06. The monoisotopic (exact) mass is 264 g/mol. The predicted molar refractivity (Wildman–Crippen MR) is 67.2 cm³/mol. The highest BCUT2D eigenvalue weighted by atomic mass is 35.5. The third kappa shape index (κ3) is 5.89. The molecule has 1 N–H and O–H groups in total. The van der Waals surface area contributed by atoms with Gasteiger partial charge in [-0.3, -0.25) is 9.59 Å². The molecule has 0 aromatic rings. The summed E-state index contributed by atoms with van der Waals surface area (Å²) in [7, 11) is 1.81. The Morgan fingerprint density at radius 1 is 1.41 bits per heavy atom. The number of nitrogens with one attached hydrogen (secondary N) is 1. The Bertz CT molecular complexity index is 257. The summed E-state index contributed by atoms with van der Waals surface area (Å²) >= 11 is 0. The maximum Gasteiger partial charge on any atom is 0.325 e. The molecule has 0 aliphatic heterocycles. The van der Waals surface area contributed by atoms with Crippen molar-refractivity contribution in [2.75, 3.05) is 26.7 Å². The molecular formula is C11H21ClN2O3. The molecule has 0 unspecified atom stereocenters. The van der Waals surface area contributed by atoms with Crippen molar-refractivity contribution in [1.29, 1.82) is 0 Å². The lowest BCUT2D eigenvalue weighted by Gasteiger charge is -2.21. The van der Waals surface area contributed by atoms with E-state index in [1.165, 1.54) is 0 Å². The van der Waals surface area contributed by atoms with E-state index in [-0.39, 0.29) is 36.9 Å². The van der Waals surface area contributed by atoms with Crippen molar-refractivity contribution in [3.63, 3.8) is 0 Å². The summed E-state index contributed by atoms with van der Waals surface area (Å²) in [5.41, 5.74) is 0. The third-order valence-corrected chi connectivity index (χ3v) is 2.50. The number of hydrogen-bond acceptors (Lipinski definition) is 4. The average molecular weight is 265 g/mol. The number of hydrogen-bond donors (Lipinski definition) is 1. The molecule has 0 spiro atoms. The highest BCUT2D eigenvalue weighted by Crippen LogP contribution is 2.27. The molecule has 1 rings (SSSR count). The summed E-state index contributed by atoms with van der Waals surface area (Å²) in [5, 5.41) is 2.93. The molecule has 0 heterocycles. The van der Waals surface area contributed by atoms with Crippen molar-refractivity contribution in [3.8, 4) is 0 Å². The van der Waals surface area contributed by atoms with E-state index in [2.05, 4.69) is 5.32 Å². The number of rotatable bonds is 7. The van der Waals surface area contributed by atoms with Gasteiger partial charge in [0.05, 0.1) is 6.61 Å². The number of esters is 1. The molecule has 0 saturated heterocycles. The lowest BCUT2D eigenvalue weighted by molar-refractivity contribution is -0.149. The summed E-state index contributed by atoms with van der Waals surface area (Å²) in [5.74, 6) is -0.280. The Morgan fingerprint density at radius 2 is 2.06 bits per heavy atom. The summed E-state index contributed by atoms with van der Waals surface area (Å²) in [6.45, 7) is 2.87. The second-order valence-electron chi connectivity index (χ2n) is 3.91. The second-order valence-corrected chi connectivity index (χ2v) is 3.91. The molecular weight excluding hydrogens is 244 g/mol. The van der Waals surface area contributed by atoms with Crippen LogP contribution in [0.25, 0.3) is 0 Å². The van der Waals surface area contributed by atoms with Crippen LogP contribution in [-0.4, -0.2) is 49.6 Å². The van der Waals surface area contributed by atoms with Crippen molar-refractivity contribution in [2.45, 2.75) is 32.2 Å². The lowest BCUT2D eigenvalue weighted by Crippen LogP contribution is -2.39. The van der Waals surface area contributed by atoms with Crippen LogP contribution in [0.1, 0.15) is 26.2 Å². The summed E-state index contributed by atoms with van der Waals surface area (Å²) in [6.07, 6.45) is 2.45. The maximum atomic E-state index is 11.8. The Labute approximate surface area is 108 Å². The fourth-order valence-corrected chi connectivity index (χ4v) is 1.53. The smallest absolute Gasteiger partial charge is 0.325 e. The van der Waals surface area contributed by atoms with E-state index in [0.29, 0.717) is 19.6 Å². The van der Waals surface area contributed by atoms with Crippen LogP contribution < -0.4 is 5.32 Å². The first-order valence-electron chi connectivity index (χ1n) is 5.78. The minimum Gasteiger partial charge on any atom is -0.465 e. The van der Waals surface area contributed by atoms with E-state index in [0.717, 1.165) is 12.8 Å². The summed E-state index contributed by atoms with van der Waals surface area (Å²) in [6, 6.07) is 0.258. The van der Waals surface area contributed by atoms with Crippen LogP contribution in [0.4, 0.5) is 0 Å². The van der Waals surface area contributed by atoms with E-state index < -0.39 is 0 Å². The topological polar surface area (TPSA) is 58.6 Å². The van der Waals surface area contributed by atoms with Gasteiger partial charge in [-0.05, 0) is 26.8 Å². The molecule has 5 nitrogen and oxygen atoms in total. The highest BCUT2D eigenvalue weighted by Gasteiger charge is 2.33. The first-order chi connectivity index (χ1) is 7.69. The predicted octanol–water partition coefficient (Wildman–Crippen LogP) is 0.572. The number of nitrogens with zero attached hydrogens (tertiary/aromatic N) is 1. The Kier molecular flexibility index (Phi) is 7.91. The van der Waals surface area contributed by atoms with Crippen LogP contribution in [0.3, 0.4) is 0 Å². The molecule has 1 aliphatic carbocycles. The summed E-state index contributed by atoms with van der Waals surface area (Å²) < 4.78 is 4.86. The van der Waals surface area contributed by atoms with Gasteiger partial charge >= 0.3 is 5.97 Å². The Morgan fingerprint density at radius 3 is 2.53 bits per heavy atom. The van der Waals surface area contributed by atoms with Gasteiger partial charge in [0.15, 0.2) is 0 Å². The van der Waals surface area contributed by atoms with E-state index in [9.17, 15) is 9.59 Å². The van der Waals surface area contributed by atoms with Crippen LogP contribution >= 0.6 is 12.4 Å². The molecule has 0 bridgehead atoms. The molecule has 1 aliphatic rings. The molecule has 0 radical (unpaired) electrons. The van der Waals surface area contributed by atoms with Crippen molar-refractivity contribution < 1.29 is 14.3 Å². The zero-order chi connectivity index (χ0) is 12.0. The fourth-order valence-electron chi connectivity index (χ4n) is 1.53. The number of carbonyl (C=O) groups excluding carboxylic acids is 2. The molecule has 100 valence electrons. The van der Waals surface area contributed by atoms with Gasteiger partial charge in [0.2, 0.25) is 5.91 Å². The minimum atomic E-state index is -0.313. The maximum absolute atomic E-state index is 11.8. The first-order valence-corrected chi connectivity index (χ1v) is 5.78. The number of amides is 1. The van der Waals surface area contributed by atoms with E-state index in [4.69, 9.17) is 4.74 Å².